The molecule has 0 unspecified atom stereocenters. The van der Waals surface area contributed by atoms with Gasteiger partial charge in [0.25, 0.3) is 0 Å². The van der Waals surface area contributed by atoms with Gasteiger partial charge in [0.15, 0.2) is 12.6 Å². The Morgan fingerprint density at radius 2 is 1.62 bits per heavy atom. The van der Waals surface area contributed by atoms with Crippen molar-refractivity contribution in [3.05, 3.63) is 47.3 Å². The third-order valence-corrected chi connectivity index (χ3v) is 18.2. The summed E-state index contributed by atoms with van der Waals surface area (Å²) in [6.07, 6.45) is -6.26. The lowest BCUT2D eigenvalue weighted by atomic mass is 9.77. The van der Waals surface area contributed by atoms with Crippen molar-refractivity contribution in [3.8, 4) is 0 Å². The molecule has 6 rings (SSSR count). The fourth-order valence-corrected chi connectivity index (χ4v) is 13.0. The van der Waals surface area contributed by atoms with Crippen LogP contribution < -0.4 is 0 Å². The third-order valence-electron chi connectivity index (χ3n) is 18.2. The minimum atomic E-state index is -1.86. The van der Waals surface area contributed by atoms with Crippen molar-refractivity contribution in [2.45, 2.75) is 229 Å². The number of amides is 1. The average molecular weight is 1120 g/mol. The monoisotopic (exact) mass is 1120 g/mol. The van der Waals surface area contributed by atoms with Gasteiger partial charge in [0.2, 0.25) is 5.91 Å². The van der Waals surface area contributed by atoms with Gasteiger partial charge in [0, 0.05) is 84.4 Å². The zero-order valence-electron chi connectivity index (χ0n) is 49.7. The van der Waals surface area contributed by atoms with Gasteiger partial charge in [-0.1, -0.05) is 50.3 Å². The summed E-state index contributed by atoms with van der Waals surface area (Å²) in [7, 11) is 6.77. The molecule has 0 radical (unpaired) electrons. The molecule has 5 N–H and O–H groups in total. The fraction of sp³-hybridized carbons (Fsp3) is 0.828. The van der Waals surface area contributed by atoms with E-state index in [2.05, 4.69) is 22.4 Å². The molecule has 0 saturated carbocycles. The number of methoxy groups -OCH3 is 2. The lowest BCUT2D eigenvalue weighted by Gasteiger charge is -2.49. The number of alkyl halides is 1. The molecule has 4 saturated heterocycles. The van der Waals surface area contributed by atoms with Crippen LogP contribution in [-0.2, 0) is 49.2 Å². The van der Waals surface area contributed by atoms with E-state index >= 15 is 4.39 Å². The SMILES string of the molecule is CC[C@H]1OC(=O)[C@H](C)[C@@H](O[C@H]2C[C@@](C)(OC)[C@@H](O)[C@H](C)O2)[C@H](C)[C@@H](O[C@@H]2O[C@H](C)C[C@H](N(C)CCc3cn([C@@H](CF)[C@H](OC)c4ccc(C5CCN(C(C)=O)CC5)cc4)nn3)[C@H]2O)[C@](C)(O)C[C@@H](C)CN(C)[C@H](C)[C@@H](O)[C@]1(C)O. The van der Waals surface area contributed by atoms with Crippen LogP contribution in [0.15, 0.2) is 30.5 Å². The standard InChI is InChI=1S/C58H97FN6O14/c1-16-46-58(11,72)51(68)37(6)63(13)31-33(2)28-56(9,71)53(35(4)49(36(5)54(70)77-46)78-47-29-57(10,74-15)52(69)38(7)76-47)79-55-48(67)44(27-34(3)75-55)62(12)24-23-43-32-65(61-60-43)45(30-59)50(73-14)42-19-17-40(18-20-42)41-21-25-64(26-22-41)39(8)66/h17-20,32-38,41,44-53,55,67-69,71-72H,16,21-31H2,1-15H3/t33-,34-,35+,36-,37-,38+,44+,45+,46-,47+,48-,49+,50-,51-,52+,53-,55+,56-,57-,58-/m1/s1. The number of aromatic nitrogens is 3. The number of carbonyl (C=O) groups is 2. The molecule has 0 aliphatic carbocycles. The van der Waals surface area contributed by atoms with Gasteiger partial charge in [0.1, 0.15) is 48.8 Å². The predicted molar refractivity (Wildman–Crippen MR) is 292 cm³/mol. The minimum Gasteiger partial charge on any atom is -0.459 e. The number of cyclic esters (lactones) is 1. The second kappa shape index (κ2) is 27.4. The summed E-state index contributed by atoms with van der Waals surface area (Å²) in [6, 6.07) is 6.19. The molecule has 0 bridgehead atoms. The Bertz CT molecular complexity index is 2240. The Hall–Kier alpha value is -3.29. The summed E-state index contributed by atoms with van der Waals surface area (Å²) in [5, 5.41) is 68.8. The van der Waals surface area contributed by atoms with E-state index < -0.39 is 127 Å². The average Bonchev–Trinajstić information content (AvgIpc) is 4.05. The summed E-state index contributed by atoms with van der Waals surface area (Å²) in [4.78, 5) is 32.2. The summed E-state index contributed by atoms with van der Waals surface area (Å²) >= 11 is 0. The number of piperidine rings is 1. The van der Waals surface area contributed by atoms with Crippen molar-refractivity contribution in [3.63, 3.8) is 0 Å². The molecular weight excluding hydrogens is 1020 g/mol. The van der Waals surface area contributed by atoms with Gasteiger partial charge in [-0.2, -0.15) is 0 Å². The molecule has 1 amide bonds. The van der Waals surface area contributed by atoms with Crippen LogP contribution in [0.1, 0.15) is 150 Å². The van der Waals surface area contributed by atoms with Crippen LogP contribution in [-0.4, -0.2) is 219 Å². The fourth-order valence-electron chi connectivity index (χ4n) is 13.0. The molecule has 0 spiro atoms. The van der Waals surface area contributed by atoms with Gasteiger partial charge in [-0.25, -0.2) is 9.07 Å². The minimum absolute atomic E-state index is 0.0814. The second-order valence-electron chi connectivity index (χ2n) is 24.4. The number of benzene rings is 1. The number of halogens is 1. The van der Waals surface area contributed by atoms with Crippen LogP contribution in [0, 0.1) is 17.8 Å². The Labute approximate surface area is 468 Å². The Balaban J connectivity index is 1.23. The quantitative estimate of drug-likeness (QED) is 0.143. The van der Waals surface area contributed by atoms with E-state index in [4.69, 9.17) is 33.2 Å². The largest absolute Gasteiger partial charge is 0.459 e. The molecule has 2 aromatic rings. The van der Waals surface area contributed by atoms with E-state index in [1.54, 1.807) is 68.7 Å². The molecule has 4 aliphatic rings. The Morgan fingerprint density at radius 3 is 2.22 bits per heavy atom. The molecule has 4 fully saturated rings. The first-order valence-electron chi connectivity index (χ1n) is 28.7. The molecule has 450 valence electrons. The maximum atomic E-state index is 15.0. The zero-order valence-corrected chi connectivity index (χ0v) is 49.7. The molecule has 4 aliphatic heterocycles. The predicted octanol–water partition coefficient (Wildman–Crippen LogP) is 4.73. The zero-order chi connectivity index (χ0) is 58.5. The number of hydrogen-bond donors (Lipinski definition) is 5. The van der Waals surface area contributed by atoms with E-state index in [-0.39, 0.29) is 31.1 Å². The molecule has 1 aromatic carbocycles. The number of hydrogen-bond acceptors (Lipinski definition) is 18. The van der Waals surface area contributed by atoms with Gasteiger partial charge in [-0.15, -0.1) is 5.10 Å². The van der Waals surface area contributed by atoms with Gasteiger partial charge in [0.05, 0.1) is 47.2 Å². The first-order chi connectivity index (χ1) is 37.1. The number of carbonyl (C=O) groups excluding carboxylic acids is 2. The lowest BCUT2D eigenvalue weighted by molar-refractivity contribution is -0.318. The first-order valence-corrected chi connectivity index (χ1v) is 28.7. The summed E-state index contributed by atoms with van der Waals surface area (Å²) in [5.74, 6) is -2.46. The number of nitrogens with zero attached hydrogens (tertiary/aromatic N) is 6. The van der Waals surface area contributed by atoms with E-state index in [9.17, 15) is 35.1 Å². The number of rotatable bonds is 16. The topological polar surface area (TPSA) is 240 Å². The normalized spacial score (nSPS) is 38.9. The number of esters is 1. The van der Waals surface area contributed by atoms with Crippen molar-refractivity contribution in [2.75, 3.05) is 61.2 Å². The van der Waals surface area contributed by atoms with Crippen LogP contribution in [0.2, 0.25) is 0 Å². The Kier molecular flexibility index (Phi) is 22.5. The van der Waals surface area contributed by atoms with E-state index in [1.807, 2.05) is 54.8 Å². The second-order valence-corrected chi connectivity index (χ2v) is 24.4. The third kappa shape index (κ3) is 15.1. The highest BCUT2D eigenvalue weighted by molar-refractivity contribution is 5.73. The van der Waals surface area contributed by atoms with Crippen LogP contribution in [0.3, 0.4) is 0 Å². The van der Waals surface area contributed by atoms with Gasteiger partial charge in [-0.05, 0) is 118 Å². The number of likely N-dealkylation sites (tertiary alicyclic amines) is 1. The van der Waals surface area contributed by atoms with Crippen molar-refractivity contribution in [1.29, 1.82) is 0 Å². The highest BCUT2D eigenvalue weighted by atomic mass is 19.1. The molecule has 1 aromatic heterocycles. The Morgan fingerprint density at radius 1 is 0.962 bits per heavy atom. The van der Waals surface area contributed by atoms with Gasteiger partial charge in [-0.3, -0.25) is 9.59 Å². The van der Waals surface area contributed by atoms with Crippen molar-refractivity contribution in [2.24, 2.45) is 17.8 Å². The molecule has 20 atom stereocenters. The summed E-state index contributed by atoms with van der Waals surface area (Å²) < 4.78 is 60.8. The molecule has 5 heterocycles. The maximum Gasteiger partial charge on any atom is 0.311 e. The lowest BCUT2D eigenvalue weighted by Crippen LogP contribution is -2.61. The van der Waals surface area contributed by atoms with Crippen molar-refractivity contribution < 1.29 is 72.7 Å². The van der Waals surface area contributed by atoms with Crippen molar-refractivity contribution >= 4 is 11.9 Å². The van der Waals surface area contributed by atoms with E-state index in [0.717, 1.165) is 31.5 Å². The number of likely N-dealkylation sites (N-methyl/N-ethyl adjacent to an activating group) is 2. The number of ether oxygens (including phenoxy) is 7. The summed E-state index contributed by atoms with van der Waals surface area (Å²) in [5.41, 5.74) is -2.01. The number of aliphatic hydroxyl groups excluding tert-OH is 3. The highest BCUT2D eigenvalue weighted by Crippen LogP contribution is 2.41. The molecule has 20 nitrogen and oxygen atoms in total. The van der Waals surface area contributed by atoms with Gasteiger partial charge < -0.3 is 73.4 Å². The van der Waals surface area contributed by atoms with Crippen LogP contribution >= 0.6 is 0 Å². The van der Waals surface area contributed by atoms with Crippen LogP contribution in [0.25, 0.3) is 0 Å². The highest BCUT2D eigenvalue weighted by Gasteiger charge is 2.53. The molecule has 79 heavy (non-hydrogen) atoms. The molecular formula is C58H97FN6O14. The molecule has 21 heteroatoms. The van der Waals surface area contributed by atoms with Crippen LogP contribution in [0.5, 0.6) is 0 Å². The summed E-state index contributed by atoms with van der Waals surface area (Å²) in [6.45, 7) is 20.6. The maximum absolute atomic E-state index is 15.0. The van der Waals surface area contributed by atoms with E-state index in [1.165, 1.54) is 24.3 Å². The van der Waals surface area contributed by atoms with Gasteiger partial charge >= 0.3 is 5.97 Å². The van der Waals surface area contributed by atoms with Crippen molar-refractivity contribution in [1.82, 2.24) is 29.7 Å². The van der Waals surface area contributed by atoms with Crippen LogP contribution in [0.4, 0.5) is 4.39 Å². The van der Waals surface area contributed by atoms with E-state index in [0.29, 0.717) is 37.5 Å². The number of aliphatic hydroxyl groups is 5. The first kappa shape index (κ1) is 64.9. The smallest absolute Gasteiger partial charge is 0.311 e.